The molecule has 2 fully saturated rings. The number of rotatable bonds is 7. The number of hydrogen-bond donors (Lipinski definition) is 0. The number of nitrogens with zero attached hydrogens (tertiary/aromatic N) is 4. The van der Waals surface area contributed by atoms with Crippen LogP contribution in [0.25, 0.3) is 0 Å². The number of sulfonamides is 2. The molecule has 3 heterocycles. The molecule has 0 spiro atoms. The number of benzene rings is 1. The summed E-state index contributed by atoms with van der Waals surface area (Å²) in [5.74, 6) is 0.109. The minimum Gasteiger partial charge on any atom is -0.369 e. The molecule has 0 saturated carbocycles. The van der Waals surface area contributed by atoms with Crippen molar-refractivity contribution in [3.63, 3.8) is 0 Å². The maximum Gasteiger partial charge on any atom is 0.243 e. The van der Waals surface area contributed by atoms with Gasteiger partial charge in [0.2, 0.25) is 20.0 Å². The molecule has 1 aromatic heterocycles. The van der Waals surface area contributed by atoms with Crippen LogP contribution in [0.15, 0.2) is 41.6 Å². The lowest BCUT2D eigenvalue weighted by Gasteiger charge is -2.35. The molecule has 0 amide bonds. The second-order valence-electron chi connectivity index (χ2n) is 9.44. The standard InChI is InChI=1S/C24H34N4O4S2.ClH/c1-19-16-20(2)24(21(3)17-19)34(31,32)28-10-6-22(18-28)7-15-33(29,30)27-13-11-26(12-14-27)23-4-8-25-9-5-23;/h4-5,8-9,16-17,22H,6-7,10-15,18H2,1-3H3;1H. The van der Waals surface area contributed by atoms with Gasteiger partial charge in [0.15, 0.2) is 0 Å². The fourth-order valence-corrected chi connectivity index (χ4v) is 8.73. The fraction of sp³-hybridized carbons (Fsp3) is 0.542. The molecule has 1 atom stereocenters. The van der Waals surface area contributed by atoms with Gasteiger partial charge in [-0.05, 0) is 62.8 Å². The lowest BCUT2D eigenvalue weighted by Crippen LogP contribution is -2.49. The molecule has 0 aliphatic carbocycles. The van der Waals surface area contributed by atoms with Crippen LogP contribution >= 0.6 is 12.4 Å². The van der Waals surface area contributed by atoms with Crippen molar-refractivity contribution in [3.8, 4) is 0 Å². The zero-order valence-electron chi connectivity index (χ0n) is 20.6. The smallest absolute Gasteiger partial charge is 0.243 e. The molecule has 11 heteroatoms. The minimum atomic E-state index is -3.59. The van der Waals surface area contributed by atoms with E-state index in [1.807, 2.05) is 45.0 Å². The van der Waals surface area contributed by atoms with Crippen molar-refractivity contribution in [2.45, 2.75) is 38.5 Å². The number of hydrogen-bond acceptors (Lipinski definition) is 6. The lowest BCUT2D eigenvalue weighted by molar-refractivity contribution is 0.381. The van der Waals surface area contributed by atoms with Gasteiger partial charge in [-0.1, -0.05) is 17.7 Å². The monoisotopic (exact) mass is 542 g/mol. The van der Waals surface area contributed by atoms with Crippen LogP contribution in [-0.4, -0.2) is 75.5 Å². The highest BCUT2D eigenvalue weighted by Crippen LogP contribution is 2.30. The maximum absolute atomic E-state index is 13.3. The second kappa shape index (κ2) is 11.1. The Morgan fingerprint density at radius 2 is 1.49 bits per heavy atom. The highest BCUT2D eigenvalue weighted by atomic mass is 35.5. The maximum atomic E-state index is 13.3. The summed E-state index contributed by atoms with van der Waals surface area (Å²) >= 11 is 0. The quantitative estimate of drug-likeness (QED) is 0.534. The van der Waals surface area contributed by atoms with Crippen molar-refractivity contribution < 1.29 is 16.8 Å². The molecule has 8 nitrogen and oxygen atoms in total. The van der Waals surface area contributed by atoms with E-state index >= 15 is 0 Å². The third-order valence-electron chi connectivity index (χ3n) is 6.90. The summed E-state index contributed by atoms with van der Waals surface area (Å²) in [6.07, 6.45) is 4.65. The third kappa shape index (κ3) is 6.17. The summed E-state index contributed by atoms with van der Waals surface area (Å²) in [4.78, 5) is 6.59. The fourth-order valence-electron chi connectivity index (χ4n) is 5.18. The number of aryl methyl sites for hydroxylation is 3. The third-order valence-corrected chi connectivity index (χ3v) is 11.0. The highest BCUT2D eigenvalue weighted by molar-refractivity contribution is 7.89. The normalized spacial score (nSPS) is 20.1. The molecule has 2 aliphatic heterocycles. The van der Waals surface area contributed by atoms with Gasteiger partial charge in [-0.25, -0.2) is 16.8 Å². The molecule has 1 unspecified atom stereocenters. The van der Waals surface area contributed by atoms with E-state index in [1.165, 1.54) is 4.31 Å². The molecule has 2 saturated heterocycles. The molecule has 35 heavy (non-hydrogen) atoms. The van der Waals surface area contributed by atoms with Crippen molar-refractivity contribution in [1.82, 2.24) is 13.6 Å². The molecular formula is C24H35ClN4O4S2. The van der Waals surface area contributed by atoms with E-state index in [2.05, 4.69) is 9.88 Å². The predicted molar refractivity (Wildman–Crippen MR) is 141 cm³/mol. The van der Waals surface area contributed by atoms with E-state index in [1.54, 1.807) is 16.7 Å². The Hall–Kier alpha value is -1.72. The van der Waals surface area contributed by atoms with Gasteiger partial charge in [-0.3, -0.25) is 4.98 Å². The first-order valence-electron chi connectivity index (χ1n) is 11.8. The first-order chi connectivity index (χ1) is 16.1. The Morgan fingerprint density at radius 1 is 0.886 bits per heavy atom. The zero-order chi connectivity index (χ0) is 24.5. The average Bonchev–Trinajstić information content (AvgIpc) is 3.28. The Balaban J connectivity index is 0.00000342. The SMILES string of the molecule is Cc1cc(C)c(S(=O)(=O)N2CCC(CCS(=O)(=O)N3CCN(c4ccncc4)CC3)C2)c(C)c1.Cl. The predicted octanol–water partition coefficient (Wildman–Crippen LogP) is 2.98. The summed E-state index contributed by atoms with van der Waals surface area (Å²) in [6.45, 7) is 8.65. The minimum absolute atomic E-state index is 0. The van der Waals surface area contributed by atoms with Gasteiger partial charge in [0.1, 0.15) is 0 Å². The first kappa shape index (κ1) is 27.9. The van der Waals surface area contributed by atoms with Crippen molar-refractivity contribution in [2.24, 2.45) is 5.92 Å². The van der Waals surface area contributed by atoms with Crippen LogP contribution in [0.1, 0.15) is 29.5 Å². The molecule has 0 N–H and O–H groups in total. The van der Waals surface area contributed by atoms with Crippen LogP contribution in [0.3, 0.4) is 0 Å². The number of pyridine rings is 1. The van der Waals surface area contributed by atoms with E-state index in [0.717, 1.165) is 22.4 Å². The van der Waals surface area contributed by atoms with Gasteiger partial charge in [-0.2, -0.15) is 8.61 Å². The molecule has 2 aromatic rings. The van der Waals surface area contributed by atoms with Crippen LogP contribution in [0, 0.1) is 26.7 Å². The second-order valence-corrected chi connectivity index (χ2v) is 13.4. The number of halogens is 1. The Labute approximate surface area is 215 Å². The number of piperazine rings is 1. The topological polar surface area (TPSA) is 90.9 Å². The van der Waals surface area contributed by atoms with Crippen LogP contribution in [0.2, 0.25) is 0 Å². The summed E-state index contributed by atoms with van der Waals surface area (Å²) in [6, 6.07) is 7.66. The molecule has 4 rings (SSSR count). The van der Waals surface area contributed by atoms with Crippen LogP contribution in [0.4, 0.5) is 5.69 Å². The van der Waals surface area contributed by atoms with Crippen molar-refractivity contribution in [1.29, 1.82) is 0 Å². The molecule has 0 bridgehead atoms. The van der Waals surface area contributed by atoms with E-state index in [-0.39, 0.29) is 24.1 Å². The highest BCUT2D eigenvalue weighted by Gasteiger charge is 2.35. The number of aromatic nitrogens is 1. The zero-order valence-corrected chi connectivity index (χ0v) is 23.0. The Kier molecular flexibility index (Phi) is 8.86. The van der Waals surface area contributed by atoms with Crippen molar-refractivity contribution in [3.05, 3.63) is 53.3 Å². The van der Waals surface area contributed by atoms with Gasteiger partial charge in [0, 0.05) is 57.3 Å². The van der Waals surface area contributed by atoms with Gasteiger partial charge in [0.25, 0.3) is 0 Å². The van der Waals surface area contributed by atoms with Crippen LogP contribution in [0.5, 0.6) is 0 Å². The van der Waals surface area contributed by atoms with Crippen molar-refractivity contribution in [2.75, 3.05) is 49.9 Å². The summed E-state index contributed by atoms with van der Waals surface area (Å²) in [5, 5.41) is 0. The number of anilines is 1. The van der Waals surface area contributed by atoms with E-state index in [4.69, 9.17) is 0 Å². The molecule has 1 aromatic carbocycles. The van der Waals surface area contributed by atoms with Gasteiger partial charge in [0.05, 0.1) is 10.6 Å². The first-order valence-corrected chi connectivity index (χ1v) is 14.8. The molecule has 0 radical (unpaired) electrons. The average molecular weight is 543 g/mol. The Morgan fingerprint density at radius 3 is 2.09 bits per heavy atom. The summed E-state index contributed by atoms with van der Waals surface area (Å²) < 4.78 is 55.7. The molecule has 194 valence electrons. The van der Waals surface area contributed by atoms with E-state index in [0.29, 0.717) is 57.0 Å². The molecular weight excluding hydrogens is 508 g/mol. The van der Waals surface area contributed by atoms with Gasteiger partial charge < -0.3 is 4.90 Å². The summed E-state index contributed by atoms with van der Waals surface area (Å²) in [5.41, 5.74) is 3.61. The summed E-state index contributed by atoms with van der Waals surface area (Å²) in [7, 11) is -6.97. The molecule has 2 aliphatic rings. The van der Waals surface area contributed by atoms with Crippen LogP contribution in [-0.2, 0) is 20.0 Å². The van der Waals surface area contributed by atoms with Gasteiger partial charge in [-0.15, -0.1) is 12.4 Å². The van der Waals surface area contributed by atoms with Crippen molar-refractivity contribution >= 4 is 38.1 Å². The van der Waals surface area contributed by atoms with E-state index < -0.39 is 20.0 Å². The Bertz CT molecular complexity index is 1210. The van der Waals surface area contributed by atoms with Crippen LogP contribution < -0.4 is 4.90 Å². The van der Waals surface area contributed by atoms with E-state index in [9.17, 15) is 16.8 Å². The largest absolute Gasteiger partial charge is 0.369 e. The lowest BCUT2D eigenvalue weighted by atomic mass is 10.1. The van der Waals surface area contributed by atoms with Gasteiger partial charge >= 0.3 is 0 Å².